The molecule has 0 saturated carbocycles. The average molecular weight is 364 g/mol. The van der Waals surface area contributed by atoms with Gasteiger partial charge in [-0.3, -0.25) is 4.79 Å². The molecule has 2 heterocycles. The SMILES string of the molecule is CN(C(=O)c1ccc2ccccc2n1)[C@H]1CCO[C@H](c2ccc(F)cc2)C1. The van der Waals surface area contributed by atoms with E-state index in [0.717, 1.165) is 22.9 Å². The summed E-state index contributed by atoms with van der Waals surface area (Å²) in [5.74, 6) is -0.355. The average Bonchev–Trinajstić information content (AvgIpc) is 2.73. The highest BCUT2D eigenvalue weighted by Crippen LogP contribution is 2.30. The Morgan fingerprint density at radius 3 is 2.70 bits per heavy atom. The first-order chi connectivity index (χ1) is 13.1. The summed E-state index contributed by atoms with van der Waals surface area (Å²) in [6.45, 7) is 0.565. The fraction of sp³-hybridized carbons (Fsp3) is 0.273. The molecule has 27 heavy (non-hydrogen) atoms. The van der Waals surface area contributed by atoms with Crippen molar-refractivity contribution in [3.05, 3.63) is 77.7 Å². The van der Waals surface area contributed by atoms with Gasteiger partial charge < -0.3 is 9.64 Å². The van der Waals surface area contributed by atoms with E-state index >= 15 is 0 Å². The maximum atomic E-state index is 13.2. The number of ether oxygens (including phenoxy) is 1. The maximum Gasteiger partial charge on any atom is 0.272 e. The second kappa shape index (κ2) is 7.45. The van der Waals surface area contributed by atoms with Gasteiger partial charge in [0.15, 0.2) is 0 Å². The Morgan fingerprint density at radius 2 is 1.89 bits per heavy atom. The van der Waals surface area contributed by atoms with E-state index in [0.29, 0.717) is 18.7 Å². The minimum absolute atomic E-state index is 0.0505. The molecule has 1 aliphatic heterocycles. The van der Waals surface area contributed by atoms with Gasteiger partial charge in [0.25, 0.3) is 5.91 Å². The Morgan fingerprint density at radius 1 is 1.11 bits per heavy atom. The van der Waals surface area contributed by atoms with E-state index in [1.54, 1.807) is 23.1 Å². The number of rotatable bonds is 3. The Labute approximate surface area is 157 Å². The molecule has 4 nitrogen and oxygen atoms in total. The number of aromatic nitrogens is 1. The molecule has 0 radical (unpaired) electrons. The lowest BCUT2D eigenvalue weighted by atomic mass is 9.96. The summed E-state index contributed by atoms with van der Waals surface area (Å²) in [7, 11) is 1.82. The molecule has 2 atom stereocenters. The lowest BCUT2D eigenvalue weighted by molar-refractivity contribution is -0.0198. The van der Waals surface area contributed by atoms with Crippen LogP contribution in [-0.4, -0.2) is 35.5 Å². The van der Waals surface area contributed by atoms with Crippen LogP contribution in [0.5, 0.6) is 0 Å². The van der Waals surface area contributed by atoms with Crippen LogP contribution in [0, 0.1) is 5.82 Å². The van der Waals surface area contributed by atoms with Crippen molar-refractivity contribution in [3.63, 3.8) is 0 Å². The van der Waals surface area contributed by atoms with Gasteiger partial charge in [-0.2, -0.15) is 0 Å². The molecule has 1 saturated heterocycles. The van der Waals surface area contributed by atoms with Gasteiger partial charge >= 0.3 is 0 Å². The first-order valence-electron chi connectivity index (χ1n) is 9.12. The number of nitrogens with zero attached hydrogens (tertiary/aromatic N) is 2. The summed E-state index contributed by atoms with van der Waals surface area (Å²) < 4.78 is 19.0. The highest BCUT2D eigenvalue weighted by molar-refractivity contribution is 5.94. The molecular weight excluding hydrogens is 343 g/mol. The largest absolute Gasteiger partial charge is 0.373 e. The molecule has 5 heteroatoms. The van der Waals surface area contributed by atoms with E-state index < -0.39 is 0 Å². The Balaban J connectivity index is 1.51. The van der Waals surface area contributed by atoms with Gasteiger partial charge in [0.05, 0.1) is 11.6 Å². The minimum Gasteiger partial charge on any atom is -0.373 e. The normalized spacial score (nSPS) is 19.8. The third-order valence-electron chi connectivity index (χ3n) is 5.18. The molecule has 1 aliphatic rings. The van der Waals surface area contributed by atoms with E-state index in [1.807, 2.05) is 37.4 Å². The summed E-state index contributed by atoms with van der Waals surface area (Å²) >= 11 is 0. The number of para-hydroxylation sites is 1. The number of amides is 1. The topological polar surface area (TPSA) is 42.4 Å². The Kier molecular flexibility index (Phi) is 4.86. The standard InChI is InChI=1S/C22H21FN2O2/c1-25(22(26)20-11-8-15-4-2-3-5-19(15)24-20)18-12-13-27-21(14-18)16-6-9-17(23)10-7-16/h2-11,18,21H,12-14H2,1H3/t18-,21-/m0/s1. The van der Waals surface area contributed by atoms with Crippen molar-refractivity contribution < 1.29 is 13.9 Å². The molecule has 4 rings (SSSR count). The second-order valence-electron chi connectivity index (χ2n) is 6.89. The second-order valence-corrected chi connectivity index (χ2v) is 6.89. The van der Waals surface area contributed by atoms with Gasteiger partial charge in [-0.05, 0) is 42.7 Å². The predicted octanol–water partition coefficient (Wildman–Crippen LogP) is 4.37. The van der Waals surface area contributed by atoms with Gasteiger partial charge in [-0.25, -0.2) is 9.37 Å². The van der Waals surface area contributed by atoms with E-state index in [9.17, 15) is 9.18 Å². The zero-order valence-corrected chi connectivity index (χ0v) is 15.1. The van der Waals surface area contributed by atoms with E-state index in [-0.39, 0.29) is 23.9 Å². The van der Waals surface area contributed by atoms with Crippen LogP contribution in [0.15, 0.2) is 60.7 Å². The third kappa shape index (κ3) is 3.69. The Bertz CT molecular complexity index is 958. The van der Waals surface area contributed by atoms with Crippen molar-refractivity contribution in [2.45, 2.75) is 25.0 Å². The summed E-state index contributed by atoms with van der Waals surface area (Å²) in [4.78, 5) is 19.2. The van der Waals surface area contributed by atoms with Crippen molar-refractivity contribution in [3.8, 4) is 0 Å². The fourth-order valence-electron chi connectivity index (χ4n) is 3.57. The summed E-state index contributed by atoms with van der Waals surface area (Å²) in [6, 6.07) is 17.9. The molecule has 1 amide bonds. The molecule has 0 aliphatic carbocycles. The number of hydrogen-bond donors (Lipinski definition) is 0. The molecule has 0 spiro atoms. The van der Waals surface area contributed by atoms with E-state index in [1.165, 1.54) is 12.1 Å². The molecular formula is C22H21FN2O2. The van der Waals surface area contributed by atoms with Gasteiger partial charge in [0, 0.05) is 25.1 Å². The summed E-state index contributed by atoms with van der Waals surface area (Å²) in [5, 5.41) is 1.01. The van der Waals surface area contributed by atoms with Crippen LogP contribution in [-0.2, 0) is 4.74 Å². The zero-order valence-electron chi connectivity index (χ0n) is 15.1. The van der Waals surface area contributed by atoms with Crippen molar-refractivity contribution in [1.29, 1.82) is 0 Å². The monoisotopic (exact) mass is 364 g/mol. The van der Waals surface area contributed by atoms with Crippen molar-refractivity contribution in [1.82, 2.24) is 9.88 Å². The van der Waals surface area contributed by atoms with Gasteiger partial charge in [0.1, 0.15) is 11.5 Å². The molecule has 0 bridgehead atoms. The summed E-state index contributed by atoms with van der Waals surface area (Å²) in [5.41, 5.74) is 2.19. The quantitative estimate of drug-likeness (QED) is 0.693. The third-order valence-corrected chi connectivity index (χ3v) is 5.18. The van der Waals surface area contributed by atoms with Gasteiger partial charge in [0.2, 0.25) is 0 Å². The van der Waals surface area contributed by atoms with Crippen molar-refractivity contribution in [2.24, 2.45) is 0 Å². The molecule has 1 aromatic heterocycles. The smallest absolute Gasteiger partial charge is 0.272 e. The van der Waals surface area contributed by atoms with Crippen LogP contribution in [0.3, 0.4) is 0 Å². The molecule has 2 aromatic carbocycles. The molecule has 0 N–H and O–H groups in total. The Hall–Kier alpha value is -2.79. The van der Waals surface area contributed by atoms with Crippen LogP contribution in [0.4, 0.5) is 4.39 Å². The molecule has 138 valence electrons. The maximum absolute atomic E-state index is 13.2. The molecule has 1 fully saturated rings. The lowest BCUT2D eigenvalue weighted by Crippen LogP contribution is -2.41. The highest BCUT2D eigenvalue weighted by atomic mass is 19.1. The first-order valence-corrected chi connectivity index (χ1v) is 9.12. The fourth-order valence-corrected chi connectivity index (χ4v) is 3.57. The predicted molar refractivity (Wildman–Crippen MR) is 102 cm³/mol. The number of carbonyl (C=O) groups is 1. The molecule has 0 unspecified atom stereocenters. The first kappa shape index (κ1) is 17.6. The number of fused-ring (bicyclic) bond motifs is 1. The number of carbonyl (C=O) groups excluding carboxylic acids is 1. The highest BCUT2D eigenvalue weighted by Gasteiger charge is 2.29. The van der Waals surface area contributed by atoms with Gasteiger partial charge in [-0.15, -0.1) is 0 Å². The number of hydrogen-bond acceptors (Lipinski definition) is 3. The minimum atomic E-state index is -0.263. The zero-order chi connectivity index (χ0) is 18.8. The van der Waals surface area contributed by atoms with E-state index in [4.69, 9.17) is 4.74 Å². The van der Waals surface area contributed by atoms with Crippen molar-refractivity contribution >= 4 is 16.8 Å². The van der Waals surface area contributed by atoms with E-state index in [2.05, 4.69) is 4.98 Å². The van der Waals surface area contributed by atoms with Crippen LogP contribution >= 0.6 is 0 Å². The van der Waals surface area contributed by atoms with Gasteiger partial charge in [-0.1, -0.05) is 36.4 Å². The van der Waals surface area contributed by atoms with Crippen LogP contribution in [0.1, 0.15) is 35.0 Å². The van der Waals surface area contributed by atoms with Crippen molar-refractivity contribution in [2.75, 3.05) is 13.7 Å². The number of halogens is 1. The van der Waals surface area contributed by atoms with Crippen LogP contribution < -0.4 is 0 Å². The van der Waals surface area contributed by atoms with Crippen LogP contribution in [0.2, 0.25) is 0 Å². The lowest BCUT2D eigenvalue weighted by Gasteiger charge is -2.35. The molecule has 3 aromatic rings. The summed E-state index contributed by atoms with van der Waals surface area (Å²) in [6.07, 6.45) is 1.32. The number of benzene rings is 2. The van der Waals surface area contributed by atoms with Crippen LogP contribution in [0.25, 0.3) is 10.9 Å². The number of pyridine rings is 1.